The van der Waals surface area contributed by atoms with Crippen LogP contribution in [-0.2, 0) is 14.4 Å². The normalized spacial score (nSPS) is 14.1. The number of nitrogens with one attached hydrogen (secondary N) is 2. The Hall–Kier alpha value is -4.07. The van der Waals surface area contributed by atoms with Crippen LogP contribution in [0.25, 0.3) is 0 Å². The summed E-state index contributed by atoms with van der Waals surface area (Å²) in [5, 5.41) is 5.84. The summed E-state index contributed by atoms with van der Waals surface area (Å²) in [4.78, 5) is 45.5. The molecule has 0 unspecified atom stereocenters. The molecule has 1 saturated carbocycles. The van der Waals surface area contributed by atoms with Gasteiger partial charge < -0.3 is 10.6 Å². The number of pyridine rings is 1. The number of benzene rings is 2. The minimum Gasteiger partial charge on any atom is -0.351 e. The molecule has 1 fully saturated rings. The van der Waals surface area contributed by atoms with Crippen molar-refractivity contribution in [1.29, 1.82) is 0 Å². The Kier molecular flexibility index (Phi) is 9.19. The molecule has 4 rings (SSSR count). The summed E-state index contributed by atoms with van der Waals surface area (Å²) in [5.41, 5.74) is 1.95. The average molecular weight is 517 g/mol. The zero-order valence-corrected chi connectivity index (χ0v) is 21.5. The highest BCUT2D eigenvalue weighted by Crippen LogP contribution is 2.32. The molecule has 38 heavy (non-hydrogen) atoms. The van der Waals surface area contributed by atoms with Crippen molar-refractivity contribution in [3.63, 3.8) is 0 Å². The zero-order valence-electron chi connectivity index (χ0n) is 21.5. The molecule has 3 aromatic rings. The number of amides is 3. The number of anilines is 2. The van der Waals surface area contributed by atoms with E-state index < -0.39 is 11.9 Å². The van der Waals surface area contributed by atoms with E-state index in [1.165, 1.54) is 17.0 Å². The highest BCUT2D eigenvalue weighted by Gasteiger charge is 2.34. The molecule has 1 aliphatic carbocycles. The molecule has 3 amide bonds. The Bertz CT molecular complexity index is 1240. The summed E-state index contributed by atoms with van der Waals surface area (Å²) >= 11 is 0. The van der Waals surface area contributed by atoms with Crippen molar-refractivity contribution in [2.45, 2.75) is 64.0 Å². The molecule has 0 spiro atoms. The van der Waals surface area contributed by atoms with Crippen LogP contribution in [0.4, 0.5) is 15.9 Å². The Balaban J connectivity index is 1.58. The highest BCUT2D eigenvalue weighted by molar-refractivity contribution is 6.02. The van der Waals surface area contributed by atoms with Crippen molar-refractivity contribution in [3.05, 3.63) is 89.9 Å². The van der Waals surface area contributed by atoms with Gasteiger partial charge >= 0.3 is 0 Å². The zero-order chi connectivity index (χ0) is 26.9. The first-order valence-corrected chi connectivity index (χ1v) is 13.1. The van der Waals surface area contributed by atoms with Crippen LogP contribution in [0.5, 0.6) is 0 Å². The van der Waals surface area contributed by atoms with Gasteiger partial charge in [-0.1, -0.05) is 49.2 Å². The maximum absolute atomic E-state index is 13.8. The topological polar surface area (TPSA) is 91.4 Å². The Morgan fingerprint density at radius 3 is 2.37 bits per heavy atom. The molecule has 1 atom stereocenters. The predicted octanol–water partition coefficient (Wildman–Crippen LogP) is 5.47. The molecule has 7 nitrogen and oxygen atoms in total. The quantitative estimate of drug-likeness (QED) is 0.374. The monoisotopic (exact) mass is 516 g/mol. The minimum absolute atomic E-state index is 0.0505. The van der Waals surface area contributed by atoms with E-state index in [1.807, 2.05) is 25.1 Å². The standard InChI is InChI=1S/C30H33FN4O3/c1-21-9-2-5-12-25(21)35(28(37)15-8-14-27(36)34-26-13-6-7-20-32-26)29(22-16-18-23(31)19-17-22)30(38)33-24-10-3-4-11-24/h2,5-7,9,12-13,16-20,24,29H,3-4,8,10-11,14-15H2,1H3,(H,33,38)(H,32,34,36)/t29-/m0/s1. The van der Waals surface area contributed by atoms with E-state index in [-0.39, 0.29) is 36.6 Å². The smallest absolute Gasteiger partial charge is 0.248 e. The Morgan fingerprint density at radius 1 is 0.974 bits per heavy atom. The maximum atomic E-state index is 13.8. The van der Waals surface area contributed by atoms with Crippen molar-refractivity contribution in [1.82, 2.24) is 10.3 Å². The Morgan fingerprint density at radius 2 is 1.68 bits per heavy atom. The second-order valence-electron chi connectivity index (χ2n) is 9.61. The number of rotatable bonds is 10. The number of halogens is 1. The Labute approximate surface area is 222 Å². The fourth-order valence-corrected chi connectivity index (χ4v) is 4.83. The summed E-state index contributed by atoms with van der Waals surface area (Å²) in [5.74, 6) is -0.802. The molecule has 1 heterocycles. The fourth-order valence-electron chi connectivity index (χ4n) is 4.83. The van der Waals surface area contributed by atoms with E-state index in [9.17, 15) is 18.8 Å². The van der Waals surface area contributed by atoms with Crippen LogP contribution in [0.15, 0.2) is 72.9 Å². The van der Waals surface area contributed by atoms with Crippen molar-refractivity contribution in [2.75, 3.05) is 10.2 Å². The van der Waals surface area contributed by atoms with E-state index in [4.69, 9.17) is 0 Å². The lowest BCUT2D eigenvalue weighted by Gasteiger charge is -2.33. The molecule has 198 valence electrons. The van der Waals surface area contributed by atoms with E-state index in [0.717, 1.165) is 31.2 Å². The SMILES string of the molecule is Cc1ccccc1N(C(=O)CCCC(=O)Nc1ccccn1)[C@H](C(=O)NC1CCCC1)c1ccc(F)cc1. The summed E-state index contributed by atoms with van der Waals surface area (Å²) in [6.45, 7) is 1.88. The second kappa shape index (κ2) is 12.9. The summed E-state index contributed by atoms with van der Waals surface area (Å²) in [6.07, 6.45) is 5.95. The lowest BCUT2D eigenvalue weighted by molar-refractivity contribution is -0.127. The van der Waals surface area contributed by atoms with Gasteiger partial charge in [-0.25, -0.2) is 9.37 Å². The molecular weight excluding hydrogens is 483 g/mol. The molecular formula is C30H33FN4O3. The molecule has 0 aliphatic heterocycles. The molecule has 2 aromatic carbocycles. The van der Waals surface area contributed by atoms with E-state index >= 15 is 0 Å². The van der Waals surface area contributed by atoms with Crippen molar-refractivity contribution >= 4 is 29.2 Å². The molecule has 8 heteroatoms. The van der Waals surface area contributed by atoms with Crippen molar-refractivity contribution in [3.8, 4) is 0 Å². The molecule has 1 aliphatic rings. The third-order valence-corrected chi connectivity index (χ3v) is 6.76. The number of aryl methyl sites for hydroxylation is 1. The summed E-state index contributed by atoms with van der Waals surface area (Å²) in [7, 11) is 0. The maximum Gasteiger partial charge on any atom is 0.248 e. The van der Waals surface area contributed by atoms with Gasteiger partial charge in [0.15, 0.2) is 0 Å². The van der Waals surface area contributed by atoms with Crippen molar-refractivity contribution < 1.29 is 18.8 Å². The fraction of sp³-hybridized carbons (Fsp3) is 0.333. The van der Waals surface area contributed by atoms with Crippen LogP contribution < -0.4 is 15.5 Å². The number of hydrogen-bond donors (Lipinski definition) is 2. The number of carbonyl (C=O) groups is 3. The first kappa shape index (κ1) is 27.0. The first-order chi connectivity index (χ1) is 18.4. The highest BCUT2D eigenvalue weighted by atomic mass is 19.1. The molecule has 1 aromatic heterocycles. The second-order valence-corrected chi connectivity index (χ2v) is 9.61. The third-order valence-electron chi connectivity index (χ3n) is 6.76. The third kappa shape index (κ3) is 7.03. The molecule has 0 saturated heterocycles. The van der Waals surface area contributed by atoms with Crippen molar-refractivity contribution in [2.24, 2.45) is 0 Å². The van der Waals surface area contributed by atoms with E-state index in [2.05, 4.69) is 15.6 Å². The number of hydrogen-bond acceptors (Lipinski definition) is 4. The van der Waals surface area contributed by atoms with Crippen LogP contribution in [0, 0.1) is 12.7 Å². The van der Waals surface area contributed by atoms with Gasteiger partial charge in [0.2, 0.25) is 17.7 Å². The van der Waals surface area contributed by atoms with Crippen LogP contribution >= 0.6 is 0 Å². The van der Waals surface area contributed by atoms with E-state index in [1.54, 1.807) is 42.6 Å². The van der Waals surface area contributed by atoms with Gasteiger partial charge in [-0.2, -0.15) is 0 Å². The van der Waals surface area contributed by atoms with Gasteiger partial charge in [0.1, 0.15) is 17.7 Å². The van der Waals surface area contributed by atoms with Crippen LogP contribution in [-0.4, -0.2) is 28.7 Å². The van der Waals surface area contributed by atoms with Gasteiger partial charge in [0, 0.05) is 30.8 Å². The predicted molar refractivity (Wildman–Crippen MR) is 145 cm³/mol. The molecule has 2 N–H and O–H groups in total. The van der Waals surface area contributed by atoms with Crippen LogP contribution in [0.1, 0.15) is 62.1 Å². The van der Waals surface area contributed by atoms with Gasteiger partial charge in [-0.15, -0.1) is 0 Å². The number of carbonyl (C=O) groups excluding carboxylic acids is 3. The summed E-state index contributed by atoms with van der Waals surface area (Å²) in [6, 6.07) is 17.4. The van der Waals surface area contributed by atoms with E-state index in [0.29, 0.717) is 23.5 Å². The van der Waals surface area contributed by atoms with Gasteiger partial charge in [-0.3, -0.25) is 19.3 Å². The number of para-hydroxylation sites is 1. The first-order valence-electron chi connectivity index (χ1n) is 13.1. The van der Waals surface area contributed by atoms with Crippen LogP contribution in [0.3, 0.4) is 0 Å². The van der Waals surface area contributed by atoms with Gasteiger partial charge in [0.25, 0.3) is 0 Å². The lowest BCUT2D eigenvalue weighted by atomic mass is 10.00. The lowest BCUT2D eigenvalue weighted by Crippen LogP contribution is -2.46. The molecule has 0 radical (unpaired) electrons. The van der Waals surface area contributed by atoms with Gasteiger partial charge in [0.05, 0.1) is 0 Å². The van der Waals surface area contributed by atoms with Gasteiger partial charge in [-0.05, 0) is 67.6 Å². The molecule has 0 bridgehead atoms. The summed E-state index contributed by atoms with van der Waals surface area (Å²) < 4.78 is 13.8. The van der Waals surface area contributed by atoms with Crippen LogP contribution in [0.2, 0.25) is 0 Å². The number of nitrogens with zero attached hydrogens (tertiary/aromatic N) is 2. The largest absolute Gasteiger partial charge is 0.351 e. The average Bonchev–Trinajstić information content (AvgIpc) is 3.42. The number of aromatic nitrogens is 1. The minimum atomic E-state index is -0.979.